The minimum Gasteiger partial charge on any atom is -0.426 e. The van der Waals surface area contributed by atoms with E-state index in [9.17, 15) is 4.79 Å². The quantitative estimate of drug-likeness (QED) is 0.836. The third kappa shape index (κ3) is 3.61. The van der Waals surface area contributed by atoms with Gasteiger partial charge in [0.1, 0.15) is 0 Å². The Morgan fingerprint density at radius 1 is 1.19 bits per heavy atom. The zero-order chi connectivity index (χ0) is 14.7. The summed E-state index contributed by atoms with van der Waals surface area (Å²) in [6.07, 6.45) is 5.42. The second-order valence-electron chi connectivity index (χ2n) is 6.11. The highest BCUT2D eigenvalue weighted by Crippen LogP contribution is 2.26. The van der Waals surface area contributed by atoms with Crippen LogP contribution in [-0.4, -0.2) is 58.6 Å². The number of rotatable bonds is 4. The molecule has 2 heterocycles. The van der Waals surface area contributed by atoms with Gasteiger partial charge in [0, 0.05) is 52.0 Å². The van der Waals surface area contributed by atoms with Crippen LogP contribution >= 0.6 is 0 Å². The zero-order valence-corrected chi connectivity index (χ0v) is 12.8. The van der Waals surface area contributed by atoms with E-state index in [0.717, 1.165) is 52.0 Å². The molecule has 0 aromatic carbocycles. The van der Waals surface area contributed by atoms with E-state index in [1.807, 2.05) is 6.92 Å². The van der Waals surface area contributed by atoms with Gasteiger partial charge in [-0.1, -0.05) is 12.8 Å². The summed E-state index contributed by atoms with van der Waals surface area (Å²) < 4.78 is 5.39. The normalized spacial score (nSPS) is 21.1. The average Bonchev–Trinajstić information content (AvgIpc) is 3.16. The van der Waals surface area contributed by atoms with E-state index in [0.29, 0.717) is 23.6 Å². The number of amides is 1. The van der Waals surface area contributed by atoms with E-state index in [-0.39, 0.29) is 0 Å². The lowest BCUT2D eigenvalue weighted by Gasteiger charge is -2.35. The highest BCUT2D eigenvalue weighted by Gasteiger charge is 2.29. The molecule has 1 saturated heterocycles. The maximum atomic E-state index is 12.4. The molecular weight excluding hydrogens is 268 g/mol. The molecule has 1 aliphatic heterocycles. The monoisotopic (exact) mass is 292 g/mol. The fraction of sp³-hybridized carbons (Fsp3) is 0.800. The Labute approximate surface area is 125 Å². The Hall–Kier alpha value is -1.43. The van der Waals surface area contributed by atoms with Gasteiger partial charge in [-0.3, -0.25) is 9.69 Å². The van der Waals surface area contributed by atoms with E-state index in [2.05, 4.69) is 20.0 Å². The van der Waals surface area contributed by atoms with Crippen LogP contribution in [-0.2, 0) is 11.2 Å². The van der Waals surface area contributed by atoms with Gasteiger partial charge < -0.3 is 9.32 Å². The van der Waals surface area contributed by atoms with Crippen molar-refractivity contribution in [2.24, 2.45) is 5.92 Å². The van der Waals surface area contributed by atoms with E-state index < -0.39 is 0 Å². The van der Waals surface area contributed by atoms with Crippen molar-refractivity contribution in [3.63, 3.8) is 0 Å². The Morgan fingerprint density at radius 2 is 1.90 bits per heavy atom. The van der Waals surface area contributed by atoms with Gasteiger partial charge in [-0.2, -0.15) is 0 Å². The summed E-state index contributed by atoms with van der Waals surface area (Å²) in [5.74, 6) is 2.02. The predicted octanol–water partition coefficient (Wildman–Crippen LogP) is 1.25. The third-order valence-electron chi connectivity index (χ3n) is 4.60. The van der Waals surface area contributed by atoms with Crippen LogP contribution < -0.4 is 0 Å². The van der Waals surface area contributed by atoms with E-state index >= 15 is 0 Å². The highest BCUT2D eigenvalue weighted by atomic mass is 16.4. The van der Waals surface area contributed by atoms with Crippen molar-refractivity contribution < 1.29 is 9.21 Å². The standard InChI is InChI=1S/C15H24N4O2/c1-12-16-17-14(21-12)6-7-18-8-10-19(11-9-18)15(20)13-4-2-3-5-13/h13H,2-11H2,1H3. The van der Waals surface area contributed by atoms with Crippen LogP contribution in [0.15, 0.2) is 4.42 Å². The molecule has 1 aromatic rings. The molecule has 0 unspecified atom stereocenters. The molecule has 1 amide bonds. The number of nitrogens with zero attached hydrogens (tertiary/aromatic N) is 4. The van der Waals surface area contributed by atoms with Crippen LogP contribution in [0.2, 0.25) is 0 Å². The fourth-order valence-corrected chi connectivity index (χ4v) is 3.32. The number of carbonyl (C=O) groups excluding carboxylic acids is 1. The molecule has 0 spiro atoms. The third-order valence-corrected chi connectivity index (χ3v) is 4.60. The van der Waals surface area contributed by atoms with Crippen molar-refractivity contribution in [1.82, 2.24) is 20.0 Å². The molecule has 0 radical (unpaired) electrons. The molecule has 21 heavy (non-hydrogen) atoms. The van der Waals surface area contributed by atoms with Crippen molar-refractivity contribution in [1.29, 1.82) is 0 Å². The Morgan fingerprint density at radius 3 is 2.52 bits per heavy atom. The van der Waals surface area contributed by atoms with Crippen LogP contribution in [0, 0.1) is 12.8 Å². The maximum absolute atomic E-state index is 12.4. The molecule has 3 rings (SSSR count). The van der Waals surface area contributed by atoms with Crippen molar-refractivity contribution in [2.75, 3.05) is 32.7 Å². The first-order valence-corrected chi connectivity index (χ1v) is 8.02. The first-order valence-electron chi connectivity index (χ1n) is 8.02. The number of aryl methyl sites for hydroxylation is 1. The molecule has 0 bridgehead atoms. The van der Waals surface area contributed by atoms with E-state index in [4.69, 9.17) is 4.42 Å². The SMILES string of the molecule is Cc1nnc(CCN2CCN(C(=O)C3CCCC3)CC2)o1. The predicted molar refractivity (Wildman–Crippen MR) is 77.7 cm³/mol. The van der Waals surface area contributed by atoms with Gasteiger partial charge in [0.25, 0.3) is 0 Å². The van der Waals surface area contributed by atoms with Gasteiger partial charge in [-0.25, -0.2) is 0 Å². The second-order valence-corrected chi connectivity index (χ2v) is 6.11. The van der Waals surface area contributed by atoms with Crippen LogP contribution in [0.1, 0.15) is 37.5 Å². The molecule has 2 aliphatic rings. The van der Waals surface area contributed by atoms with Crippen molar-refractivity contribution in [2.45, 2.75) is 39.0 Å². The Balaban J connectivity index is 1.41. The van der Waals surface area contributed by atoms with Crippen molar-refractivity contribution in [3.8, 4) is 0 Å². The van der Waals surface area contributed by atoms with Crippen LogP contribution in [0.5, 0.6) is 0 Å². The first-order chi connectivity index (χ1) is 10.2. The second kappa shape index (κ2) is 6.56. The lowest BCUT2D eigenvalue weighted by molar-refractivity contribution is -0.137. The van der Waals surface area contributed by atoms with Crippen molar-refractivity contribution in [3.05, 3.63) is 11.8 Å². The molecule has 116 valence electrons. The zero-order valence-electron chi connectivity index (χ0n) is 12.8. The van der Waals surface area contributed by atoms with Gasteiger partial charge in [0.05, 0.1) is 0 Å². The molecule has 1 aromatic heterocycles. The topological polar surface area (TPSA) is 62.5 Å². The molecule has 2 fully saturated rings. The van der Waals surface area contributed by atoms with E-state index in [1.165, 1.54) is 12.8 Å². The average molecular weight is 292 g/mol. The van der Waals surface area contributed by atoms with E-state index in [1.54, 1.807) is 0 Å². The molecular formula is C15H24N4O2. The molecule has 0 atom stereocenters. The lowest BCUT2D eigenvalue weighted by Crippen LogP contribution is -2.50. The largest absolute Gasteiger partial charge is 0.426 e. The molecule has 1 aliphatic carbocycles. The fourth-order valence-electron chi connectivity index (χ4n) is 3.32. The summed E-state index contributed by atoms with van der Waals surface area (Å²) in [4.78, 5) is 16.8. The number of hydrogen-bond donors (Lipinski definition) is 0. The summed E-state index contributed by atoms with van der Waals surface area (Å²) in [5.41, 5.74) is 0. The van der Waals surface area contributed by atoms with Gasteiger partial charge in [0.2, 0.25) is 17.7 Å². The summed E-state index contributed by atoms with van der Waals surface area (Å²) in [6, 6.07) is 0. The van der Waals surface area contributed by atoms with Crippen LogP contribution in [0.3, 0.4) is 0 Å². The molecule has 6 heteroatoms. The number of aromatic nitrogens is 2. The summed E-state index contributed by atoms with van der Waals surface area (Å²) in [5, 5.41) is 7.86. The van der Waals surface area contributed by atoms with Gasteiger partial charge in [-0.15, -0.1) is 10.2 Å². The molecule has 6 nitrogen and oxygen atoms in total. The molecule has 0 N–H and O–H groups in total. The highest BCUT2D eigenvalue weighted by molar-refractivity contribution is 5.79. The number of hydrogen-bond acceptors (Lipinski definition) is 5. The maximum Gasteiger partial charge on any atom is 0.225 e. The minimum atomic E-state index is 0.304. The summed E-state index contributed by atoms with van der Waals surface area (Å²) >= 11 is 0. The van der Waals surface area contributed by atoms with Gasteiger partial charge in [-0.05, 0) is 12.8 Å². The Kier molecular flexibility index (Phi) is 4.53. The number of piperazine rings is 1. The smallest absolute Gasteiger partial charge is 0.225 e. The Bertz CT molecular complexity index is 474. The van der Waals surface area contributed by atoms with Gasteiger partial charge in [0.15, 0.2) is 0 Å². The van der Waals surface area contributed by atoms with Crippen LogP contribution in [0.4, 0.5) is 0 Å². The van der Waals surface area contributed by atoms with Crippen molar-refractivity contribution >= 4 is 5.91 Å². The number of carbonyl (C=O) groups is 1. The lowest BCUT2D eigenvalue weighted by atomic mass is 10.1. The van der Waals surface area contributed by atoms with Crippen LogP contribution in [0.25, 0.3) is 0 Å². The first kappa shape index (κ1) is 14.5. The molecule has 1 saturated carbocycles. The summed E-state index contributed by atoms with van der Waals surface area (Å²) in [6.45, 7) is 6.35. The summed E-state index contributed by atoms with van der Waals surface area (Å²) in [7, 11) is 0. The minimum absolute atomic E-state index is 0.304. The van der Waals surface area contributed by atoms with Gasteiger partial charge >= 0.3 is 0 Å².